The molecule has 0 radical (unpaired) electrons. The second-order valence-electron chi connectivity index (χ2n) is 10.7. The molecule has 2 aromatic carbocycles. The number of carbonyl (C=O) groups excluding carboxylic acids is 3. The van der Waals surface area contributed by atoms with Gasteiger partial charge < -0.3 is 10.2 Å². The van der Waals surface area contributed by atoms with Crippen molar-refractivity contribution in [2.24, 2.45) is 11.8 Å². The molecule has 37 heavy (non-hydrogen) atoms. The largest absolute Gasteiger partial charge is 0.353 e. The normalized spacial score (nSPS) is 26.1. The SMILES string of the molecule is CCC(C)NC(=O)C1CCC2C(=O)N(Cc3ccccc3)C3NN(Cc4ccccc4C)C(=O)N3C2C1. The van der Waals surface area contributed by atoms with E-state index in [1.54, 1.807) is 9.91 Å². The number of fused-ring (bicyclic) bond motifs is 3. The minimum absolute atomic E-state index is 0.0277. The Morgan fingerprint density at radius 1 is 1.05 bits per heavy atom. The fraction of sp³-hybridized carbons (Fsp3) is 0.483. The number of nitrogens with one attached hydrogen (secondary N) is 2. The lowest BCUT2D eigenvalue weighted by Gasteiger charge is -2.49. The quantitative estimate of drug-likeness (QED) is 0.603. The van der Waals surface area contributed by atoms with Crippen LogP contribution in [0.25, 0.3) is 0 Å². The van der Waals surface area contributed by atoms with E-state index in [-0.39, 0.29) is 41.8 Å². The van der Waals surface area contributed by atoms with Gasteiger partial charge in [-0.3, -0.25) is 19.5 Å². The summed E-state index contributed by atoms with van der Waals surface area (Å²) in [5.74, 6) is -0.437. The molecule has 5 atom stereocenters. The topological polar surface area (TPSA) is 85.0 Å². The molecule has 4 amide bonds. The van der Waals surface area contributed by atoms with Crippen LogP contribution in [0.2, 0.25) is 0 Å². The van der Waals surface area contributed by atoms with Crippen molar-refractivity contribution in [1.29, 1.82) is 0 Å². The molecule has 2 heterocycles. The molecular formula is C29H37N5O3. The summed E-state index contributed by atoms with van der Waals surface area (Å²) in [6.45, 7) is 6.90. The van der Waals surface area contributed by atoms with Gasteiger partial charge in [-0.05, 0) is 56.2 Å². The van der Waals surface area contributed by atoms with Gasteiger partial charge in [-0.1, -0.05) is 61.5 Å². The standard InChI is InChI=1S/C29H37N5O3/c1-4-20(3)30-26(35)22-14-15-24-25(16-22)34-28(32(27(24)36)17-21-11-6-5-7-12-21)31-33(29(34)37)18-23-13-9-8-10-19(23)2/h5-13,20,22,24-25,28,31H,4,14-18H2,1-3H3,(H,30,35). The van der Waals surface area contributed by atoms with Gasteiger partial charge in [0.05, 0.1) is 12.5 Å². The molecule has 5 rings (SSSR count). The van der Waals surface area contributed by atoms with Crippen molar-refractivity contribution >= 4 is 17.8 Å². The van der Waals surface area contributed by atoms with Gasteiger partial charge in [0.2, 0.25) is 11.8 Å². The first-order chi connectivity index (χ1) is 17.9. The molecule has 3 aliphatic rings. The van der Waals surface area contributed by atoms with E-state index in [2.05, 4.69) is 10.7 Å². The molecule has 1 aliphatic carbocycles. The Balaban J connectivity index is 1.43. The van der Waals surface area contributed by atoms with Crippen molar-refractivity contribution in [2.45, 2.75) is 77.9 Å². The van der Waals surface area contributed by atoms with Crippen molar-refractivity contribution in [3.05, 3.63) is 71.3 Å². The highest BCUT2D eigenvalue weighted by atomic mass is 16.2. The second kappa shape index (κ2) is 10.5. The highest BCUT2D eigenvalue weighted by Crippen LogP contribution is 2.41. The van der Waals surface area contributed by atoms with Gasteiger partial charge in [-0.2, -0.15) is 5.43 Å². The number of aryl methyl sites for hydroxylation is 1. The first-order valence-electron chi connectivity index (χ1n) is 13.4. The van der Waals surface area contributed by atoms with Crippen molar-refractivity contribution in [1.82, 2.24) is 25.6 Å². The highest BCUT2D eigenvalue weighted by Gasteiger charge is 2.56. The number of hydrogen-bond donors (Lipinski definition) is 2. The van der Waals surface area contributed by atoms with Crippen LogP contribution in [0.15, 0.2) is 54.6 Å². The zero-order valence-electron chi connectivity index (χ0n) is 21.9. The smallest absolute Gasteiger partial charge is 0.337 e. The summed E-state index contributed by atoms with van der Waals surface area (Å²) in [7, 11) is 0. The summed E-state index contributed by atoms with van der Waals surface area (Å²) in [6.07, 6.45) is 2.03. The van der Waals surface area contributed by atoms with Gasteiger partial charge in [-0.25, -0.2) is 4.79 Å². The Morgan fingerprint density at radius 3 is 2.51 bits per heavy atom. The van der Waals surface area contributed by atoms with Gasteiger partial charge in [-0.15, -0.1) is 0 Å². The molecular weight excluding hydrogens is 466 g/mol. The third-order valence-electron chi connectivity index (χ3n) is 8.21. The third-order valence-corrected chi connectivity index (χ3v) is 8.21. The van der Waals surface area contributed by atoms with Gasteiger partial charge in [0, 0.05) is 24.5 Å². The Bertz CT molecular complexity index is 1160. The van der Waals surface area contributed by atoms with Crippen LogP contribution in [0.1, 0.15) is 56.2 Å². The van der Waals surface area contributed by atoms with E-state index in [0.29, 0.717) is 32.4 Å². The number of amides is 4. The first kappa shape index (κ1) is 25.3. The molecule has 196 valence electrons. The molecule has 0 aromatic heterocycles. The number of rotatable bonds is 7. The predicted molar refractivity (Wildman–Crippen MR) is 140 cm³/mol. The molecule has 2 aromatic rings. The van der Waals surface area contributed by atoms with E-state index in [1.807, 2.05) is 80.3 Å². The minimum Gasteiger partial charge on any atom is -0.353 e. The number of carbonyl (C=O) groups is 3. The monoisotopic (exact) mass is 503 g/mol. The molecule has 2 aliphatic heterocycles. The van der Waals surface area contributed by atoms with E-state index >= 15 is 0 Å². The molecule has 8 nitrogen and oxygen atoms in total. The summed E-state index contributed by atoms with van der Waals surface area (Å²) in [6, 6.07) is 17.5. The van der Waals surface area contributed by atoms with Crippen LogP contribution in [0.3, 0.4) is 0 Å². The van der Waals surface area contributed by atoms with E-state index in [0.717, 1.165) is 23.1 Å². The van der Waals surface area contributed by atoms with Crippen molar-refractivity contribution in [2.75, 3.05) is 0 Å². The summed E-state index contributed by atoms with van der Waals surface area (Å²) in [5, 5.41) is 4.73. The summed E-state index contributed by atoms with van der Waals surface area (Å²) in [4.78, 5) is 44.4. The molecule has 3 fully saturated rings. The van der Waals surface area contributed by atoms with Crippen LogP contribution in [-0.4, -0.2) is 51.0 Å². The lowest BCUT2D eigenvalue weighted by Crippen LogP contribution is -2.66. The number of nitrogens with zero attached hydrogens (tertiary/aromatic N) is 3. The summed E-state index contributed by atoms with van der Waals surface area (Å²) < 4.78 is 0. The zero-order valence-corrected chi connectivity index (χ0v) is 21.9. The maximum absolute atomic E-state index is 13.9. The van der Waals surface area contributed by atoms with Crippen molar-refractivity contribution < 1.29 is 14.4 Å². The fourth-order valence-electron chi connectivity index (χ4n) is 5.84. The van der Waals surface area contributed by atoms with E-state index in [1.165, 1.54) is 0 Å². The maximum atomic E-state index is 13.9. The molecule has 2 saturated heterocycles. The first-order valence-corrected chi connectivity index (χ1v) is 13.4. The van der Waals surface area contributed by atoms with Crippen LogP contribution < -0.4 is 10.7 Å². The number of hydrazine groups is 1. The Hall–Kier alpha value is -3.39. The Kier molecular flexibility index (Phi) is 7.20. The molecule has 5 unspecified atom stereocenters. The molecule has 0 bridgehead atoms. The van der Waals surface area contributed by atoms with Crippen LogP contribution in [-0.2, 0) is 22.7 Å². The van der Waals surface area contributed by atoms with E-state index in [4.69, 9.17) is 0 Å². The summed E-state index contributed by atoms with van der Waals surface area (Å²) >= 11 is 0. The van der Waals surface area contributed by atoms with Crippen molar-refractivity contribution in [3.8, 4) is 0 Å². The average Bonchev–Trinajstić information content (AvgIpc) is 3.23. The second-order valence-corrected chi connectivity index (χ2v) is 10.7. The molecule has 8 heteroatoms. The molecule has 1 saturated carbocycles. The van der Waals surface area contributed by atoms with Crippen LogP contribution in [0.4, 0.5) is 4.79 Å². The van der Waals surface area contributed by atoms with Gasteiger partial charge in [0.15, 0.2) is 6.29 Å². The van der Waals surface area contributed by atoms with Crippen molar-refractivity contribution in [3.63, 3.8) is 0 Å². The lowest BCUT2D eigenvalue weighted by atomic mass is 9.75. The molecule has 0 spiro atoms. The zero-order chi connectivity index (χ0) is 26.1. The van der Waals surface area contributed by atoms with Crippen LogP contribution >= 0.6 is 0 Å². The maximum Gasteiger partial charge on any atom is 0.337 e. The number of benzene rings is 2. The number of hydrogen-bond acceptors (Lipinski definition) is 4. The molecule has 2 N–H and O–H groups in total. The fourth-order valence-corrected chi connectivity index (χ4v) is 5.84. The number of urea groups is 1. The Labute approximate surface area is 219 Å². The van der Waals surface area contributed by atoms with E-state index < -0.39 is 6.29 Å². The Morgan fingerprint density at radius 2 is 1.78 bits per heavy atom. The van der Waals surface area contributed by atoms with E-state index in [9.17, 15) is 14.4 Å². The summed E-state index contributed by atoms with van der Waals surface area (Å²) in [5.41, 5.74) is 6.53. The predicted octanol–water partition coefficient (Wildman–Crippen LogP) is 3.76. The lowest BCUT2D eigenvalue weighted by molar-refractivity contribution is -0.160. The van der Waals surface area contributed by atoms with Crippen LogP contribution in [0.5, 0.6) is 0 Å². The highest BCUT2D eigenvalue weighted by molar-refractivity contribution is 5.87. The van der Waals surface area contributed by atoms with Crippen LogP contribution in [0, 0.1) is 18.8 Å². The van der Waals surface area contributed by atoms with Gasteiger partial charge in [0.25, 0.3) is 0 Å². The van der Waals surface area contributed by atoms with Gasteiger partial charge >= 0.3 is 6.03 Å². The third kappa shape index (κ3) is 4.94. The van der Waals surface area contributed by atoms with Gasteiger partial charge in [0.1, 0.15) is 0 Å². The average molecular weight is 504 g/mol. The minimum atomic E-state index is -0.582.